The minimum absolute atomic E-state index is 0.0141. The number of rotatable bonds is 5. The first-order valence-corrected chi connectivity index (χ1v) is 7.15. The first-order valence-electron chi connectivity index (χ1n) is 6.77. The van der Waals surface area contributed by atoms with Crippen molar-refractivity contribution in [1.29, 1.82) is 0 Å². The first-order chi connectivity index (χ1) is 10.5. The van der Waals surface area contributed by atoms with E-state index < -0.39 is 5.97 Å². The second-order valence-electron chi connectivity index (χ2n) is 4.54. The molecule has 0 saturated carbocycles. The summed E-state index contributed by atoms with van der Waals surface area (Å²) in [6.07, 6.45) is 0. The highest BCUT2D eigenvalue weighted by Gasteiger charge is 2.25. The van der Waals surface area contributed by atoms with Gasteiger partial charge in [0.25, 0.3) is 0 Å². The zero-order valence-electron chi connectivity index (χ0n) is 12.3. The van der Waals surface area contributed by atoms with Gasteiger partial charge in [0.2, 0.25) is 0 Å². The fourth-order valence-electron chi connectivity index (χ4n) is 1.88. The standard InChI is InChI=1S/C16H16ClNO4/c1-3-21-16(20)12-14(13(19)10(2)18-15(12)17)22-9-11-7-5-4-6-8-11/h4-8,19H,3,9H2,1-2H3. The molecule has 0 spiro atoms. The molecular formula is C16H16ClNO4. The lowest BCUT2D eigenvalue weighted by Gasteiger charge is -2.14. The van der Waals surface area contributed by atoms with Crippen LogP contribution in [0.15, 0.2) is 30.3 Å². The number of benzene rings is 1. The van der Waals surface area contributed by atoms with Gasteiger partial charge in [0.05, 0.1) is 12.3 Å². The van der Waals surface area contributed by atoms with Crippen molar-refractivity contribution in [3.8, 4) is 11.5 Å². The molecule has 2 aromatic rings. The average Bonchev–Trinajstić information content (AvgIpc) is 2.50. The van der Waals surface area contributed by atoms with Crippen LogP contribution in [0, 0.1) is 6.92 Å². The van der Waals surface area contributed by atoms with Gasteiger partial charge in [0.1, 0.15) is 17.3 Å². The molecule has 2 rings (SSSR count). The summed E-state index contributed by atoms with van der Waals surface area (Å²) in [5.41, 5.74) is 1.10. The van der Waals surface area contributed by atoms with E-state index in [1.54, 1.807) is 13.8 Å². The van der Waals surface area contributed by atoms with Crippen LogP contribution in [0.25, 0.3) is 0 Å². The van der Waals surface area contributed by atoms with Gasteiger partial charge in [-0.2, -0.15) is 0 Å². The molecule has 5 nitrogen and oxygen atoms in total. The van der Waals surface area contributed by atoms with Crippen LogP contribution < -0.4 is 4.74 Å². The number of aromatic hydroxyl groups is 1. The predicted octanol–water partition coefficient (Wildman–Crippen LogP) is 3.50. The van der Waals surface area contributed by atoms with E-state index in [4.69, 9.17) is 21.1 Å². The summed E-state index contributed by atoms with van der Waals surface area (Å²) < 4.78 is 10.5. The monoisotopic (exact) mass is 321 g/mol. The second kappa shape index (κ2) is 7.13. The Balaban J connectivity index is 2.37. The predicted molar refractivity (Wildman–Crippen MR) is 82.4 cm³/mol. The van der Waals surface area contributed by atoms with Crippen LogP contribution in [0.5, 0.6) is 11.5 Å². The molecule has 116 valence electrons. The van der Waals surface area contributed by atoms with Crippen LogP contribution in [0.2, 0.25) is 5.15 Å². The van der Waals surface area contributed by atoms with Crippen molar-refractivity contribution >= 4 is 17.6 Å². The van der Waals surface area contributed by atoms with E-state index in [0.717, 1.165) is 5.56 Å². The zero-order chi connectivity index (χ0) is 16.1. The van der Waals surface area contributed by atoms with Crippen LogP contribution in [-0.4, -0.2) is 22.7 Å². The molecule has 0 atom stereocenters. The number of aromatic nitrogens is 1. The summed E-state index contributed by atoms with van der Waals surface area (Å²) in [5.74, 6) is -0.915. The van der Waals surface area contributed by atoms with Crippen molar-refractivity contribution in [2.24, 2.45) is 0 Å². The number of hydrogen-bond acceptors (Lipinski definition) is 5. The third-order valence-electron chi connectivity index (χ3n) is 2.96. The molecule has 1 aromatic heterocycles. The Morgan fingerprint density at radius 3 is 2.64 bits per heavy atom. The van der Waals surface area contributed by atoms with E-state index >= 15 is 0 Å². The van der Waals surface area contributed by atoms with Gasteiger partial charge in [-0.3, -0.25) is 0 Å². The van der Waals surface area contributed by atoms with Crippen molar-refractivity contribution in [2.75, 3.05) is 6.61 Å². The zero-order valence-corrected chi connectivity index (χ0v) is 13.1. The van der Waals surface area contributed by atoms with Gasteiger partial charge in [-0.15, -0.1) is 0 Å². The Hall–Kier alpha value is -2.27. The third kappa shape index (κ3) is 3.49. The minimum atomic E-state index is -0.682. The van der Waals surface area contributed by atoms with Gasteiger partial charge in [-0.1, -0.05) is 41.9 Å². The Labute approximate surface area is 133 Å². The number of aryl methyl sites for hydroxylation is 1. The van der Waals surface area contributed by atoms with Gasteiger partial charge in [-0.25, -0.2) is 9.78 Å². The van der Waals surface area contributed by atoms with E-state index in [1.165, 1.54) is 0 Å². The van der Waals surface area contributed by atoms with Gasteiger partial charge in [-0.05, 0) is 19.4 Å². The molecule has 1 N–H and O–H groups in total. The Morgan fingerprint density at radius 1 is 1.32 bits per heavy atom. The summed E-state index contributed by atoms with van der Waals surface area (Å²) in [5, 5.41) is 10.1. The molecule has 22 heavy (non-hydrogen) atoms. The molecule has 0 amide bonds. The van der Waals surface area contributed by atoms with Crippen molar-refractivity contribution in [3.05, 3.63) is 52.3 Å². The Morgan fingerprint density at radius 2 is 2.00 bits per heavy atom. The summed E-state index contributed by atoms with van der Waals surface area (Å²) >= 11 is 6.02. The van der Waals surface area contributed by atoms with E-state index in [-0.39, 0.29) is 41.1 Å². The number of pyridine rings is 1. The number of ether oxygens (including phenoxy) is 2. The molecule has 0 bridgehead atoms. The number of halogens is 1. The molecule has 1 aromatic carbocycles. The van der Waals surface area contributed by atoms with Crippen molar-refractivity contribution in [2.45, 2.75) is 20.5 Å². The molecule has 6 heteroatoms. The lowest BCUT2D eigenvalue weighted by Crippen LogP contribution is -2.11. The topological polar surface area (TPSA) is 68.7 Å². The van der Waals surface area contributed by atoms with Crippen LogP contribution in [0.4, 0.5) is 0 Å². The van der Waals surface area contributed by atoms with Crippen LogP contribution in [0.3, 0.4) is 0 Å². The SMILES string of the molecule is CCOC(=O)c1c(Cl)nc(C)c(O)c1OCc1ccccc1. The van der Waals surface area contributed by atoms with Crippen LogP contribution in [0.1, 0.15) is 28.5 Å². The molecule has 0 radical (unpaired) electrons. The fourth-order valence-corrected chi connectivity index (χ4v) is 2.17. The summed E-state index contributed by atoms with van der Waals surface area (Å²) in [6, 6.07) is 9.37. The first kappa shape index (κ1) is 16.1. The smallest absolute Gasteiger partial charge is 0.345 e. The van der Waals surface area contributed by atoms with E-state index in [0.29, 0.717) is 0 Å². The fraction of sp³-hybridized carbons (Fsp3) is 0.250. The number of carbonyl (C=O) groups excluding carboxylic acids is 1. The number of esters is 1. The maximum Gasteiger partial charge on any atom is 0.345 e. The number of hydrogen-bond donors (Lipinski definition) is 1. The largest absolute Gasteiger partial charge is 0.503 e. The number of carbonyl (C=O) groups is 1. The van der Waals surface area contributed by atoms with Crippen LogP contribution >= 0.6 is 11.6 Å². The molecule has 0 aliphatic rings. The maximum absolute atomic E-state index is 12.0. The molecular weight excluding hydrogens is 306 g/mol. The third-order valence-corrected chi connectivity index (χ3v) is 3.24. The van der Waals surface area contributed by atoms with Gasteiger partial charge in [0, 0.05) is 0 Å². The lowest BCUT2D eigenvalue weighted by molar-refractivity contribution is 0.0520. The quantitative estimate of drug-likeness (QED) is 0.674. The van der Waals surface area contributed by atoms with E-state index in [1.807, 2.05) is 30.3 Å². The molecule has 0 aliphatic carbocycles. The van der Waals surface area contributed by atoms with Crippen molar-refractivity contribution < 1.29 is 19.4 Å². The maximum atomic E-state index is 12.0. The molecule has 1 heterocycles. The second-order valence-corrected chi connectivity index (χ2v) is 4.89. The highest BCUT2D eigenvalue weighted by molar-refractivity contribution is 6.33. The lowest BCUT2D eigenvalue weighted by atomic mass is 10.2. The summed E-state index contributed by atoms with van der Waals surface area (Å²) in [7, 11) is 0. The minimum Gasteiger partial charge on any atom is -0.503 e. The highest BCUT2D eigenvalue weighted by Crippen LogP contribution is 2.37. The van der Waals surface area contributed by atoms with E-state index in [9.17, 15) is 9.90 Å². The molecule has 0 saturated heterocycles. The summed E-state index contributed by atoms with van der Waals surface area (Å²) in [6.45, 7) is 3.62. The van der Waals surface area contributed by atoms with Crippen LogP contribution in [-0.2, 0) is 11.3 Å². The van der Waals surface area contributed by atoms with Gasteiger partial charge in [0.15, 0.2) is 11.5 Å². The highest BCUT2D eigenvalue weighted by atomic mass is 35.5. The Kier molecular flexibility index (Phi) is 5.22. The van der Waals surface area contributed by atoms with Gasteiger partial charge >= 0.3 is 5.97 Å². The average molecular weight is 322 g/mol. The normalized spacial score (nSPS) is 10.3. The summed E-state index contributed by atoms with van der Waals surface area (Å²) in [4.78, 5) is 16.0. The van der Waals surface area contributed by atoms with Crippen molar-refractivity contribution in [3.63, 3.8) is 0 Å². The Bertz CT molecular complexity index is 674. The van der Waals surface area contributed by atoms with Gasteiger partial charge < -0.3 is 14.6 Å². The van der Waals surface area contributed by atoms with E-state index in [2.05, 4.69) is 4.98 Å². The number of nitrogens with zero attached hydrogens (tertiary/aromatic N) is 1. The van der Waals surface area contributed by atoms with Crippen molar-refractivity contribution in [1.82, 2.24) is 4.98 Å². The molecule has 0 fully saturated rings. The molecule has 0 unspecified atom stereocenters. The molecule has 0 aliphatic heterocycles.